The third kappa shape index (κ3) is 3.03. The zero-order chi connectivity index (χ0) is 19.1. The molecule has 1 unspecified atom stereocenters. The van der Waals surface area contributed by atoms with E-state index in [1.807, 2.05) is 5.38 Å². The van der Waals surface area contributed by atoms with E-state index in [0.717, 1.165) is 22.7 Å². The number of nitrogens with zero attached hydrogens (tertiary/aromatic N) is 6. The summed E-state index contributed by atoms with van der Waals surface area (Å²) in [5.41, 5.74) is -0.401. The molecule has 1 N–H and O–H groups in total. The van der Waals surface area contributed by atoms with Crippen molar-refractivity contribution in [3.8, 4) is 0 Å². The van der Waals surface area contributed by atoms with Crippen LogP contribution in [0.5, 0.6) is 0 Å². The molecular weight excluding hydrogens is 370 g/mol. The Labute approximate surface area is 157 Å². The van der Waals surface area contributed by atoms with Crippen molar-refractivity contribution in [3.63, 3.8) is 0 Å². The highest BCUT2D eigenvalue weighted by atomic mass is 32.1. The summed E-state index contributed by atoms with van der Waals surface area (Å²) in [5, 5.41) is 5.89. The number of carbonyl (C=O) groups excluding carboxylic acids is 1. The van der Waals surface area contributed by atoms with Gasteiger partial charge in [-0.25, -0.2) is 14.8 Å². The molecule has 1 amide bonds. The number of carbonyl (C=O) groups is 1. The van der Waals surface area contributed by atoms with Crippen molar-refractivity contribution in [2.24, 2.45) is 14.1 Å². The van der Waals surface area contributed by atoms with Gasteiger partial charge in [0.1, 0.15) is 6.54 Å². The molecule has 0 bridgehead atoms. The van der Waals surface area contributed by atoms with Crippen molar-refractivity contribution in [1.82, 2.24) is 29.0 Å². The molecule has 1 aliphatic heterocycles. The number of fused-ring (bicyclic) bond motifs is 1. The summed E-state index contributed by atoms with van der Waals surface area (Å²) < 4.78 is 3.80. The maximum absolute atomic E-state index is 12.5. The quantitative estimate of drug-likeness (QED) is 0.631. The van der Waals surface area contributed by atoms with E-state index >= 15 is 0 Å². The molecule has 3 aromatic rings. The molecule has 1 atom stereocenters. The van der Waals surface area contributed by atoms with E-state index in [-0.39, 0.29) is 29.7 Å². The van der Waals surface area contributed by atoms with Crippen LogP contribution < -0.4 is 21.5 Å². The van der Waals surface area contributed by atoms with Crippen molar-refractivity contribution < 1.29 is 4.79 Å². The summed E-state index contributed by atoms with van der Waals surface area (Å²) in [6, 6.07) is 0.0309. The SMILES string of the molecule is Cn1c(=O)c2c(ncn2CC(=O)NC2CCN(c3nccs3)C2)n(C)c1=O. The largest absolute Gasteiger partial charge is 0.350 e. The molecule has 0 spiro atoms. The van der Waals surface area contributed by atoms with Crippen LogP contribution in [0, 0.1) is 0 Å². The van der Waals surface area contributed by atoms with Crippen LogP contribution in [0.2, 0.25) is 0 Å². The molecule has 1 fully saturated rings. The highest BCUT2D eigenvalue weighted by Crippen LogP contribution is 2.22. The Morgan fingerprint density at radius 1 is 1.30 bits per heavy atom. The fourth-order valence-corrected chi connectivity index (χ4v) is 4.05. The first-order valence-electron chi connectivity index (χ1n) is 8.50. The molecule has 1 aliphatic rings. The van der Waals surface area contributed by atoms with Crippen LogP contribution in [0.25, 0.3) is 11.2 Å². The number of hydrogen-bond acceptors (Lipinski definition) is 7. The lowest BCUT2D eigenvalue weighted by Crippen LogP contribution is -2.40. The zero-order valence-electron chi connectivity index (χ0n) is 15.0. The van der Waals surface area contributed by atoms with Gasteiger partial charge in [0.15, 0.2) is 16.3 Å². The van der Waals surface area contributed by atoms with E-state index in [2.05, 4.69) is 20.2 Å². The predicted molar refractivity (Wildman–Crippen MR) is 101 cm³/mol. The minimum absolute atomic E-state index is 0.0301. The van der Waals surface area contributed by atoms with E-state index in [4.69, 9.17) is 0 Å². The van der Waals surface area contributed by atoms with Gasteiger partial charge in [-0.15, -0.1) is 11.3 Å². The number of aryl methyl sites for hydroxylation is 1. The Bertz CT molecular complexity index is 1110. The minimum atomic E-state index is -0.464. The molecule has 0 saturated carbocycles. The summed E-state index contributed by atoms with van der Waals surface area (Å²) in [6.07, 6.45) is 4.03. The number of hydrogen-bond donors (Lipinski definition) is 1. The number of rotatable bonds is 4. The van der Waals surface area contributed by atoms with Crippen LogP contribution >= 0.6 is 11.3 Å². The fraction of sp³-hybridized carbons (Fsp3) is 0.438. The van der Waals surface area contributed by atoms with Gasteiger partial charge in [-0.05, 0) is 6.42 Å². The lowest BCUT2D eigenvalue weighted by molar-refractivity contribution is -0.122. The number of anilines is 1. The van der Waals surface area contributed by atoms with Crippen molar-refractivity contribution in [1.29, 1.82) is 0 Å². The van der Waals surface area contributed by atoms with Crippen LogP contribution in [-0.4, -0.2) is 48.7 Å². The Morgan fingerprint density at radius 3 is 2.85 bits per heavy atom. The molecule has 142 valence electrons. The Hall–Kier alpha value is -2.95. The molecule has 10 nitrogen and oxygen atoms in total. The second kappa shape index (κ2) is 6.65. The van der Waals surface area contributed by atoms with Gasteiger partial charge >= 0.3 is 5.69 Å². The fourth-order valence-electron chi connectivity index (χ4n) is 3.37. The molecule has 0 aromatic carbocycles. The number of aromatic nitrogens is 5. The van der Waals surface area contributed by atoms with Gasteiger partial charge < -0.3 is 14.8 Å². The highest BCUT2D eigenvalue weighted by molar-refractivity contribution is 7.13. The van der Waals surface area contributed by atoms with Gasteiger partial charge in [0, 0.05) is 44.8 Å². The van der Waals surface area contributed by atoms with Crippen molar-refractivity contribution in [3.05, 3.63) is 38.7 Å². The Kier molecular flexibility index (Phi) is 4.30. The second-order valence-corrected chi connectivity index (χ2v) is 7.44. The van der Waals surface area contributed by atoms with E-state index in [9.17, 15) is 14.4 Å². The Morgan fingerprint density at radius 2 is 2.11 bits per heavy atom. The average molecular weight is 389 g/mol. The Balaban J connectivity index is 1.49. The number of imidazole rings is 1. The topological polar surface area (TPSA) is 107 Å². The number of nitrogens with one attached hydrogen (secondary N) is 1. The maximum atomic E-state index is 12.5. The number of amides is 1. The predicted octanol–water partition coefficient (Wildman–Crippen LogP) is -0.715. The van der Waals surface area contributed by atoms with Gasteiger partial charge in [-0.3, -0.25) is 18.7 Å². The summed E-state index contributed by atoms with van der Waals surface area (Å²) in [5.74, 6) is -0.198. The third-order valence-corrected chi connectivity index (χ3v) is 5.61. The van der Waals surface area contributed by atoms with E-state index < -0.39 is 11.2 Å². The summed E-state index contributed by atoms with van der Waals surface area (Å²) in [4.78, 5) is 47.5. The molecule has 27 heavy (non-hydrogen) atoms. The van der Waals surface area contributed by atoms with Crippen molar-refractivity contribution >= 4 is 33.5 Å². The van der Waals surface area contributed by atoms with Crippen molar-refractivity contribution in [2.75, 3.05) is 18.0 Å². The van der Waals surface area contributed by atoms with Crippen LogP contribution in [0.4, 0.5) is 5.13 Å². The third-order valence-electron chi connectivity index (χ3n) is 4.77. The zero-order valence-corrected chi connectivity index (χ0v) is 15.8. The molecule has 4 heterocycles. The molecular formula is C16H19N7O3S. The molecule has 11 heteroatoms. The van der Waals surface area contributed by atoms with Gasteiger partial charge in [0.25, 0.3) is 5.56 Å². The number of thiazole rings is 1. The lowest BCUT2D eigenvalue weighted by atomic mass is 10.2. The van der Waals surface area contributed by atoms with Crippen LogP contribution in [-0.2, 0) is 25.4 Å². The summed E-state index contributed by atoms with van der Waals surface area (Å²) in [7, 11) is 2.96. The maximum Gasteiger partial charge on any atom is 0.332 e. The van der Waals surface area contributed by atoms with Gasteiger partial charge in [0.05, 0.1) is 6.33 Å². The van der Waals surface area contributed by atoms with E-state index in [0.29, 0.717) is 6.54 Å². The minimum Gasteiger partial charge on any atom is -0.350 e. The average Bonchev–Trinajstić information content (AvgIpc) is 3.38. The highest BCUT2D eigenvalue weighted by Gasteiger charge is 2.25. The molecule has 0 aliphatic carbocycles. The normalized spacial score (nSPS) is 17.0. The van der Waals surface area contributed by atoms with Crippen molar-refractivity contribution in [2.45, 2.75) is 19.0 Å². The molecule has 3 aromatic heterocycles. The summed E-state index contributed by atoms with van der Waals surface area (Å²) in [6.45, 7) is 1.52. The van der Waals surface area contributed by atoms with Crippen LogP contribution in [0.1, 0.15) is 6.42 Å². The molecule has 1 saturated heterocycles. The lowest BCUT2D eigenvalue weighted by Gasteiger charge is -2.16. The molecule has 0 radical (unpaired) electrons. The smallest absolute Gasteiger partial charge is 0.332 e. The van der Waals surface area contributed by atoms with Gasteiger partial charge in [-0.1, -0.05) is 0 Å². The van der Waals surface area contributed by atoms with E-state index in [1.54, 1.807) is 24.6 Å². The van der Waals surface area contributed by atoms with Crippen LogP contribution in [0.15, 0.2) is 27.5 Å². The van der Waals surface area contributed by atoms with Crippen LogP contribution in [0.3, 0.4) is 0 Å². The monoisotopic (exact) mass is 389 g/mol. The first-order valence-corrected chi connectivity index (χ1v) is 9.38. The van der Waals surface area contributed by atoms with Gasteiger partial charge in [0.2, 0.25) is 5.91 Å². The summed E-state index contributed by atoms with van der Waals surface area (Å²) >= 11 is 1.58. The first kappa shape index (κ1) is 17.5. The van der Waals surface area contributed by atoms with Gasteiger partial charge in [-0.2, -0.15) is 0 Å². The second-order valence-electron chi connectivity index (χ2n) is 6.56. The first-order chi connectivity index (χ1) is 13.0. The standard InChI is InChI=1S/C16H19N7O3S/c1-20-13-12(14(25)21(2)16(20)26)23(9-18-13)8-11(24)19-10-3-5-22(7-10)15-17-4-6-27-15/h4,6,9-10H,3,5,7-8H2,1-2H3,(H,19,24). The molecule has 4 rings (SSSR count). The van der Waals surface area contributed by atoms with E-state index in [1.165, 1.54) is 22.5 Å².